The second-order valence-electron chi connectivity index (χ2n) is 5.87. The van der Waals surface area contributed by atoms with Gasteiger partial charge in [0.1, 0.15) is 12.7 Å². The molecule has 2 rings (SSSR count). The van der Waals surface area contributed by atoms with Crippen molar-refractivity contribution >= 4 is 17.7 Å². The minimum absolute atomic E-state index is 0.0342. The molecule has 0 radical (unpaired) electrons. The zero-order valence-electron chi connectivity index (χ0n) is 15.0. The molecule has 2 aromatic rings. The van der Waals surface area contributed by atoms with E-state index in [0.29, 0.717) is 11.8 Å². The quantitative estimate of drug-likeness (QED) is 0.348. The van der Waals surface area contributed by atoms with Crippen LogP contribution in [0, 0.1) is 0 Å². The van der Waals surface area contributed by atoms with E-state index in [1.54, 1.807) is 55.5 Å². The van der Waals surface area contributed by atoms with Gasteiger partial charge in [0.2, 0.25) is 0 Å². The maximum Gasteiger partial charge on any atom is 0.339 e. The van der Waals surface area contributed by atoms with Crippen molar-refractivity contribution in [2.45, 2.75) is 20.0 Å². The molecule has 140 valence electrons. The fraction of sp³-hybridized carbons (Fsp3) is 0.190. The van der Waals surface area contributed by atoms with Gasteiger partial charge in [-0.2, -0.15) is 0 Å². The van der Waals surface area contributed by atoms with Crippen molar-refractivity contribution in [2.75, 3.05) is 6.61 Å². The SMILES string of the molecule is C/C(=C\O)C(=O)OC(C)COC(=O)c1ccccc1C(=O)c1ccccc1. The molecule has 0 heterocycles. The van der Waals surface area contributed by atoms with E-state index in [-0.39, 0.29) is 29.1 Å². The van der Waals surface area contributed by atoms with E-state index in [2.05, 4.69) is 0 Å². The van der Waals surface area contributed by atoms with E-state index in [4.69, 9.17) is 14.6 Å². The number of ether oxygens (including phenoxy) is 2. The van der Waals surface area contributed by atoms with Gasteiger partial charge in [0.25, 0.3) is 0 Å². The van der Waals surface area contributed by atoms with E-state index in [1.807, 2.05) is 0 Å². The van der Waals surface area contributed by atoms with Crippen molar-refractivity contribution in [1.29, 1.82) is 0 Å². The van der Waals surface area contributed by atoms with Crippen molar-refractivity contribution in [2.24, 2.45) is 0 Å². The molecule has 0 saturated heterocycles. The molecule has 0 aliphatic carbocycles. The second kappa shape index (κ2) is 9.33. The van der Waals surface area contributed by atoms with Crippen LogP contribution in [0.5, 0.6) is 0 Å². The Morgan fingerprint density at radius 1 is 1.00 bits per heavy atom. The predicted molar refractivity (Wildman–Crippen MR) is 98.5 cm³/mol. The third kappa shape index (κ3) is 5.28. The molecule has 1 N–H and O–H groups in total. The van der Waals surface area contributed by atoms with Crippen molar-refractivity contribution in [3.05, 3.63) is 83.1 Å². The third-order valence-electron chi connectivity index (χ3n) is 3.70. The lowest BCUT2D eigenvalue weighted by molar-refractivity contribution is -0.145. The van der Waals surface area contributed by atoms with Crippen LogP contribution >= 0.6 is 0 Å². The van der Waals surface area contributed by atoms with Crippen LogP contribution in [0.4, 0.5) is 0 Å². The number of benzene rings is 2. The smallest absolute Gasteiger partial charge is 0.339 e. The van der Waals surface area contributed by atoms with E-state index < -0.39 is 18.0 Å². The Labute approximate surface area is 157 Å². The normalized spacial score (nSPS) is 12.1. The minimum Gasteiger partial charge on any atom is -0.515 e. The van der Waals surface area contributed by atoms with Gasteiger partial charge < -0.3 is 14.6 Å². The first kappa shape index (κ1) is 19.9. The average Bonchev–Trinajstić information content (AvgIpc) is 2.71. The molecule has 0 spiro atoms. The Morgan fingerprint density at radius 2 is 1.59 bits per heavy atom. The first-order valence-corrected chi connectivity index (χ1v) is 8.32. The zero-order chi connectivity index (χ0) is 19.8. The van der Waals surface area contributed by atoms with E-state index in [0.717, 1.165) is 0 Å². The standard InChI is InChI=1S/C21H20O6/c1-14(12-22)20(24)27-15(2)13-26-21(25)18-11-7-6-10-17(18)19(23)16-8-4-3-5-9-16/h3-12,15,22H,13H2,1-2H3/b14-12+. The second-order valence-corrected chi connectivity index (χ2v) is 5.87. The molecule has 0 fully saturated rings. The lowest BCUT2D eigenvalue weighted by atomic mass is 9.98. The average molecular weight is 368 g/mol. The fourth-order valence-electron chi connectivity index (χ4n) is 2.24. The van der Waals surface area contributed by atoms with Crippen LogP contribution in [0.25, 0.3) is 0 Å². The molecular weight excluding hydrogens is 348 g/mol. The maximum absolute atomic E-state index is 12.7. The highest BCUT2D eigenvalue weighted by atomic mass is 16.6. The molecule has 0 saturated carbocycles. The van der Waals surface area contributed by atoms with Gasteiger partial charge in [0.15, 0.2) is 5.78 Å². The van der Waals surface area contributed by atoms with E-state index in [1.165, 1.54) is 13.0 Å². The summed E-state index contributed by atoms with van der Waals surface area (Å²) in [5.41, 5.74) is 0.868. The van der Waals surface area contributed by atoms with Crippen LogP contribution in [0.1, 0.15) is 40.1 Å². The molecule has 6 heteroatoms. The molecule has 1 atom stereocenters. The van der Waals surface area contributed by atoms with Gasteiger partial charge in [-0.25, -0.2) is 9.59 Å². The summed E-state index contributed by atoms with van der Waals surface area (Å²) in [5.74, 6) is -1.68. The number of hydrogen-bond acceptors (Lipinski definition) is 6. The number of ketones is 1. The molecule has 0 bridgehead atoms. The largest absolute Gasteiger partial charge is 0.515 e. The molecule has 27 heavy (non-hydrogen) atoms. The summed E-state index contributed by atoms with van der Waals surface area (Å²) in [6.07, 6.45) is -0.0692. The summed E-state index contributed by atoms with van der Waals surface area (Å²) in [7, 11) is 0. The molecule has 0 aliphatic rings. The van der Waals surface area contributed by atoms with Crippen LogP contribution in [-0.2, 0) is 14.3 Å². The molecule has 2 aromatic carbocycles. The molecular formula is C21H20O6. The topological polar surface area (TPSA) is 89.9 Å². The Kier molecular flexibility index (Phi) is 6.88. The first-order chi connectivity index (χ1) is 12.9. The number of esters is 2. The summed E-state index contributed by atoms with van der Waals surface area (Å²) >= 11 is 0. The summed E-state index contributed by atoms with van der Waals surface area (Å²) < 4.78 is 10.2. The summed E-state index contributed by atoms with van der Waals surface area (Å²) in [4.78, 5) is 36.6. The maximum atomic E-state index is 12.7. The van der Waals surface area contributed by atoms with E-state index in [9.17, 15) is 14.4 Å². The number of carbonyl (C=O) groups is 3. The van der Waals surface area contributed by atoms with Crippen molar-refractivity contribution in [3.8, 4) is 0 Å². The van der Waals surface area contributed by atoms with Crippen molar-refractivity contribution < 1.29 is 29.0 Å². The number of rotatable bonds is 7. The number of hydrogen-bond donors (Lipinski definition) is 1. The van der Waals surface area contributed by atoms with Crippen LogP contribution in [0.15, 0.2) is 66.4 Å². The predicted octanol–water partition coefficient (Wildman–Crippen LogP) is 3.47. The third-order valence-corrected chi connectivity index (χ3v) is 3.70. The monoisotopic (exact) mass is 368 g/mol. The molecule has 0 amide bonds. The zero-order valence-corrected chi connectivity index (χ0v) is 15.0. The number of aliphatic hydroxyl groups excluding tert-OH is 1. The van der Waals surface area contributed by atoms with Gasteiger partial charge in [-0.1, -0.05) is 48.5 Å². The highest BCUT2D eigenvalue weighted by Gasteiger charge is 2.20. The van der Waals surface area contributed by atoms with E-state index >= 15 is 0 Å². The van der Waals surface area contributed by atoms with Crippen LogP contribution in [0.2, 0.25) is 0 Å². The highest BCUT2D eigenvalue weighted by molar-refractivity contribution is 6.14. The van der Waals surface area contributed by atoms with Crippen molar-refractivity contribution in [3.63, 3.8) is 0 Å². The van der Waals surface area contributed by atoms with Crippen LogP contribution in [0.3, 0.4) is 0 Å². The number of carbonyl (C=O) groups excluding carboxylic acids is 3. The molecule has 6 nitrogen and oxygen atoms in total. The fourth-order valence-corrected chi connectivity index (χ4v) is 2.24. The summed E-state index contributed by atoms with van der Waals surface area (Å²) in [6, 6.07) is 15.0. The summed E-state index contributed by atoms with van der Waals surface area (Å²) in [5, 5.41) is 8.78. The molecule has 1 unspecified atom stereocenters. The Morgan fingerprint density at radius 3 is 2.22 bits per heavy atom. The van der Waals surface area contributed by atoms with Gasteiger partial charge in [0, 0.05) is 11.1 Å². The van der Waals surface area contributed by atoms with Crippen molar-refractivity contribution in [1.82, 2.24) is 0 Å². The summed E-state index contributed by atoms with van der Waals surface area (Å²) in [6.45, 7) is 2.76. The molecule has 0 aliphatic heterocycles. The Bertz CT molecular complexity index is 854. The van der Waals surface area contributed by atoms with Gasteiger partial charge in [0.05, 0.1) is 17.4 Å². The highest BCUT2D eigenvalue weighted by Crippen LogP contribution is 2.16. The van der Waals surface area contributed by atoms with Crippen LogP contribution < -0.4 is 0 Å². The van der Waals surface area contributed by atoms with Gasteiger partial charge in [-0.15, -0.1) is 0 Å². The lowest BCUT2D eigenvalue weighted by Gasteiger charge is -2.14. The Balaban J connectivity index is 2.07. The molecule has 0 aromatic heterocycles. The van der Waals surface area contributed by atoms with Gasteiger partial charge >= 0.3 is 11.9 Å². The number of aliphatic hydroxyl groups is 1. The van der Waals surface area contributed by atoms with Gasteiger partial charge in [-0.3, -0.25) is 4.79 Å². The Hall–Kier alpha value is -3.41. The van der Waals surface area contributed by atoms with Crippen LogP contribution in [-0.4, -0.2) is 35.5 Å². The lowest BCUT2D eigenvalue weighted by Crippen LogP contribution is -2.23. The first-order valence-electron chi connectivity index (χ1n) is 8.32. The van der Waals surface area contributed by atoms with Gasteiger partial charge in [-0.05, 0) is 19.9 Å². The minimum atomic E-state index is -0.715.